The average molecular weight is 638 g/mol. The quantitative estimate of drug-likeness (QED) is 0.125. The molecule has 8 aromatic rings. The number of para-hydroxylation sites is 2. The lowest BCUT2D eigenvalue weighted by atomic mass is 9.70. The summed E-state index contributed by atoms with van der Waals surface area (Å²) in [5, 5.41) is 5.23. The van der Waals surface area contributed by atoms with Gasteiger partial charge in [-0.15, -0.1) is 11.3 Å². The second kappa shape index (κ2) is 9.14. The first-order valence-corrected chi connectivity index (χ1v) is 17.8. The van der Waals surface area contributed by atoms with Gasteiger partial charge < -0.3 is 4.57 Å². The van der Waals surface area contributed by atoms with Crippen molar-refractivity contribution in [2.24, 2.45) is 0 Å². The van der Waals surface area contributed by atoms with E-state index >= 15 is 0 Å². The molecule has 0 unspecified atom stereocenters. The summed E-state index contributed by atoms with van der Waals surface area (Å²) in [5.74, 6) is 0. The third kappa shape index (κ3) is 3.08. The summed E-state index contributed by atoms with van der Waals surface area (Å²) < 4.78 is 5.10. The van der Waals surface area contributed by atoms with E-state index in [9.17, 15) is 0 Å². The van der Waals surface area contributed by atoms with Crippen molar-refractivity contribution >= 4 is 53.3 Å². The Kier molecular flexibility index (Phi) is 4.86. The molecule has 0 saturated heterocycles. The molecule has 0 bridgehead atoms. The topological polar surface area (TPSA) is 4.93 Å². The lowest BCUT2D eigenvalue weighted by Crippen LogP contribution is -2.25. The van der Waals surface area contributed by atoms with Crippen LogP contribution in [0.25, 0.3) is 81.0 Å². The van der Waals surface area contributed by atoms with Crippen LogP contribution in [0.4, 0.5) is 0 Å². The highest BCUT2D eigenvalue weighted by atomic mass is 32.1. The first-order valence-electron chi connectivity index (χ1n) is 17.0. The van der Waals surface area contributed by atoms with Crippen molar-refractivity contribution < 1.29 is 0 Å². The largest absolute Gasteiger partial charge is 0.306 e. The number of aromatic nitrogens is 1. The molecule has 12 rings (SSSR count). The number of rotatable bonds is 1. The molecule has 49 heavy (non-hydrogen) atoms. The van der Waals surface area contributed by atoms with E-state index in [1.54, 1.807) is 0 Å². The second-order valence-electron chi connectivity index (χ2n) is 13.6. The van der Waals surface area contributed by atoms with E-state index in [0.29, 0.717) is 0 Å². The van der Waals surface area contributed by atoms with Gasteiger partial charge in [-0.05, 0) is 96.7 Å². The summed E-state index contributed by atoms with van der Waals surface area (Å²) in [6.07, 6.45) is 0. The van der Waals surface area contributed by atoms with Gasteiger partial charge in [0, 0.05) is 10.8 Å². The fraction of sp³-hybridized carbons (Fsp3) is 0.0213. The van der Waals surface area contributed by atoms with E-state index in [2.05, 4.69) is 168 Å². The van der Waals surface area contributed by atoms with Crippen molar-refractivity contribution in [1.82, 2.24) is 4.57 Å². The zero-order valence-electron chi connectivity index (χ0n) is 26.4. The van der Waals surface area contributed by atoms with Crippen LogP contribution in [0.5, 0.6) is 0 Å². The van der Waals surface area contributed by atoms with Crippen molar-refractivity contribution in [2.45, 2.75) is 5.41 Å². The molecule has 0 N–H and O–H groups in total. The molecule has 2 heterocycles. The van der Waals surface area contributed by atoms with Gasteiger partial charge in [0.1, 0.15) is 0 Å². The minimum atomic E-state index is -0.362. The van der Waals surface area contributed by atoms with Crippen LogP contribution in [0.2, 0.25) is 0 Å². The van der Waals surface area contributed by atoms with Crippen LogP contribution < -0.4 is 0 Å². The number of fused-ring (bicyclic) bond motifs is 15. The summed E-state index contributed by atoms with van der Waals surface area (Å²) in [5.41, 5.74) is 16.9. The molecule has 2 aliphatic carbocycles. The monoisotopic (exact) mass is 637 g/mol. The molecule has 0 aromatic heterocycles. The molecule has 4 aliphatic rings. The van der Waals surface area contributed by atoms with Crippen molar-refractivity contribution in [3.63, 3.8) is 0 Å². The van der Waals surface area contributed by atoms with Gasteiger partial charge in [0.05, 0.1) is 31.5 Å². The van der Waals surface area contributed by atoms with Gasteiger partial charge in [-0.25, -0.2) is 0 Å². The molecule has 0 saturated carbocycles. The van der Waals surface area contributed by atoms with Crippen molar-refractivity contribution in [3.05, 3.63) is 186 Å². The van der Waals surface area contributed by atoms with E-state index in [4.69, 9.17) is 0 Å². The summed E-state index contributed by atoms with van der Waals surface area (Å²) >= 11 is 1.90. The van der Waals surface area contributed by atoms with Gasteiger partial charge in [0.15, 0.2) is 0 Å². The van der Waals surface area contributed by atoms with Crippen LogP contribution in [0, 0.1) is 0 Å². The smallest absolute Gasteiger partial charge is 0.0725 e. The molecule has 226 valence electrons. The SMILES string of the molecule is c1ccc2c(c1)-c1ccccc1C21c2ccccc2-c2ccc(-c3cc4sc5ccccc5n5c6ccccc6c6cccc3c6c4-5)cc21. The standard InChI is InChI=1S/C47H27NS/c1-5-18-37-29(12-1)30-13-2-6-19-38(30)47(37)39-20-7-3-14-31(39)32-25-24-28(26-40(32)47)36-27-44-46-45-34(16-11-17-35(36)45)33-15-4-8-21-41(33)48(46)42-22-9-10-23-43(42)49-44/h1-27H. The molecule has 8 aromatic carbocycles. The Morgan fingerprint density at radius 2 is 0.959 bits per heavy atom. The summed E-state index contributed by atoms with van der Waals surface area (Å²) in [7, 11) is 0. The minimum absolute atomic E-state index is 0.362. The Bertz CT molecular complexity index is 2940. The van der Waals surface area contributed by atoms with Crippen LogP contribution >= 0.6 is 11.3 Å². The van der Waals surface area contributed by atoms with E-state index in [1.165, 1.54) is 103 Å². The van der Waals surface area contributed by atoms with Crippen LogP contribution in [-0.4, -0.2) is 4.57 Å². The van der Waals surface area contributed by atoms with Crippen LogP contribution in [0.15, 0.2) is 164 Å². The maximum Gasteiger partial charge on any atom is 0.0725 e. The van der Waals surface area contributed by atoms with E-state index in [1.807, 2.05) is 11.3 Å². The summed E-state index contributed by atoms with van der Waals surface area (Å²) in [4.78, 5) is 0. The van der Waals surface area contributed by atoms with Crippen molar-refractivity contribution in [3.8, 4) is 39.1 Å². The molecule has 0 amide bonds. The van der Waals surface area contributed by atoms with E-state index < -0.39 is 0 Å². The van der Waals surface area contributed by atoms with Crippen molar-refractivity contribution in [1.29, 1.82) is 0 Å². The molecular weight excluding hydrogens is 611 g/mol. The number of nitrogens with zero attached hydrogens (tertiary/aromatic N) is 1. The first-order chi connectivity index (χ1) is 24.3. The maximum atomic E-state index is 2.53. The number of pyridine rings is 1. The first kappa shape index (κ1) is 26.0. The molecule has 1 nitrogen and oxygen atoms in total. The number of benzene rings is 8. The van der Waals surface area contributed by atoms with E-state index in [0.717, 1.165) is 0 Å². The third-order valence-corrected chi connectivity index (χ3v) is 12.5. The third-order valence-electron chi connectivity index (χ3n) is 11.4. The summed E-state index contributed by atoms with van der Waals surface area (Å²) in [6.45, 7) is 0. The van der Waals surface area contributed by atoms with Crippen LogP contribution in [0.1, 0.15) is 22.3 Å². The van der Waals surface area contributed by atoms with Gasteiger partial charge in [-0.2, -0.15) is 0 Å². The lowest BCUT2D eigenvalue weighted by Gasteiger charge is -2.31. The Labute approximate surface area is 287 Å². The average Bonchev–Trinajstić information content (AvgIpc) is 3.64. The van der Waals surface area contributed by atoms with E-state index in [-0.39, 0.29) is 5.41 Å². The fourth-order valence-electron chi connectivity index (χ4n) is 9.57. The summed E-state index contributed by atoms with van der Waals surface area (Å²) in [6, 6.07) is 61.6. The highest BCUT2D eigenvalue weighted by Crippen LogP contribution is 2.63. The molecular formula is C47H27NS. The number of hydrogen-bond acceptors (Lipinski definition) is 1. The van der Waals surface area contributed by atoms with Gasteiger partial charge in [-0.1, -0.05) is 133 Å². The Morgan fingerprint density at radius 1 is 0.388 bits per heavy atom. The zero-order valence-corrected chi connectivity index (χ0v) is 27.3. The normalized spacial score (nSPS) is 13.9. The maximum absolute atomic E-state index is 2.53. The van der Waals surface area contributed by atoms with Crippen molar-refractivity contribution in [2.75, 3.05) is 0 Å². The zero-order chi connectivity index (χ0) is 31.8. The predicted octanol–water partition coefficient (Wildman–Crippen LogP) is 12.6. The van der Waals surface area contributed by atoms with Gasteiger partial charge >= 0.3 is 0 Å². The molecule has 0 atom stereocenters. The lowest BCUT2D eigenvalue weighted by molar-refractivity contribution is 0.794. The minimum Gasteiger partial charge on any atom is -0.306 e. The second-order valence-corrected chi connectivity index (χ2v) is 14.7. The molecule has 0 fully saturated rings. The molecule has 1 spiro atoms. The van der Waals surface area contributed by atoms with Crippen LogP contribution in [-0.2, 0) is 5.41 Å². The number of hydrogen-bond donors (Lipinski definition) is 0. The van der Waals surface area contributed by atoms with Gasteiger partial charge in [-0.3, -0.25) is 0 Å². The Morgan fingerprint density at radius 3 is 1.69 bits per heavy atom. The predicted molar refractivity (Wildman–Crippen MR) is 207 cm³/mol. The van der Waals surface area contributed by atoms with Crippen LogP contribution in [0.3, 0.4) is 0 Å². The molecule has 0 radical (unpaired) electrons. The molecule has 2 aliphatic heterocycles. The highest BCUT2D eigenvalue weighted by Gasteiger charge is 2.51. The van der Waals surface area contributed by atoms with Gasteiger partial charge in [0.2, 0.25) is 0 Å². The highest BCUT2D eigenvalue weighted by molar-refractivity contribution is 7.24. The Hall–Kier alpha value is -5.96. The Balaban J connectivity index is 1.23. The van der Waals surface area contributed by atoms with Gasteiger partial charge in [0.25, 0.3) is 0 Å². The fourth-order valence-corrected chi connectivity index (χ4v) is 10.7. The molecule has 2 heteroatoms.